The van der Waals surface area contributed by atoms with Crippen LogP contribution in [0.15, 0.2) is 31.0 Å². The maximum absolute atomic E-state index is 12.4. The Morgan fingerprint density at radius 3 is 1.42 bits per heavy atom. The fourth-order valence-corrected chi connectivity index (χ4v) is 8.01. The zero-order valence-corrected chi connectivity index (χ0v) is 58.7. The Labute approximate surface area is 568 Å². The number of ether oxygens (including phenoxy) is 6. The average Bonchev–Trinajstić information content (AvgIpc) is 1.71. The van der Waals surface area contributed by atoms with E-state index in [0.29, 0.717) is 22.7 Å². The normalized spacial score (nSPS) is 11.8. The van der Waals surface area contributed by atoms with Crippen molar-refractivity contribution >= 4 is 35.8 Å². The first-order valence-corrected chi connectivity index (χ1v) is 30.3. The number of aliphatic hydroxyl groups is 1. The molecular weight excluding hydrogens is 1310 g/mol. The van der Waals surface area contributed by atoms with Crippen LogP contribution in [0.5, 0.6) is 0 Å². The van der Waals surface area contributed by atoms with Gasteiger partial charge in [0.25, 0.3) is 0 Å². The second-order valence-electron chi connectivity index (χ2n) is 21.9. The number of terminal acetylenes is 1. The fourth-order valence-electron chi connectivity index (χ4n) is 8.01. The minimum absolute atomic E-state index is 0.0211. The van der Waals surface area contributed by atoms with Gasteiger partial charge < -0.3 is 39.3 Å². The summed E-state index contributed by atoms with van der Waals surface area (Å²) in [6.45, 7) is 11.0. The largest absolute Gasteiger partial charge is 0.464 e. The third-order valence-corrected chi connectivity index (χ3v) is 12.6. The molecule has 0 unspecified atom stereocenters. The lowest BCUT2D eigenvalue weighted by Crippen LogP contribution is -2.39. The molecule has 1 aliphatic carbocycles. The van der Waals surface area contributed by atoms with Crippen molar-refractivity contribution in [1.29, 1.82) is 0 Å². The highest BCUT2D eigenvalue weighted by molar-refractivity contribution is 6.00. The fraction of sp³-hybridized carbons (Fsp3) is 0.586. The monoisotopic (exact) mass is 1400 g/mol. The summed E-state index contributed by atoms with van der Waals surface area (Å²) in [4.78, 5) is 66.7. The van der Waals surface area contributed by atoms with Crippen LogP contribution in [0, 0.1) is 19.3 Å². The highest BCUT2D eigenvalue weighted by Crippen LogP contribution is 2.33. The molecule has 0 bridgehead atoms. The number of aryl methyl sites for hydroxylation is 11. The molecule has 0 radical (unpaired) electrons. The Bertz CT molecular complexity index is 3780. The highest BCUT2D eigenvalue weighted by Gasteiger charge is 2.41. The number of unbranched alkanes of at least 4 members (excludes halogenated alkanes) is 2. The summed E-state index contributed by atoms with van der Waals surface area (Å²) in [7, 11) is 16.9. The van der Waals surface area contributed by atoms with E-state index in [9.17, 15) is 41.9 Å². The molecule has 0 atom stereocenters. The van der Waals surface area contributed by atoms with Gasteiger partial charge >= 0.3 is 42.0 Å². The second-order valence-corrected chi connectivity index (χ2v) is 21.9. The Hall–Kier alpha value is -10.8. The number of aromatic nitrogens is 24. The topological polar surface area (TPSA) is 450 Å². The molecule has 0 aromatic carbocycles. The number of methoxy groups -OCH3 is 3. The molecule has 8 aromatic heterocycles. The number of aliphatic hydroxyl groups excluding tert-OH is 1. The number of esters is 6. The lowest BCUT2D eigenvalue weighted by molar-refractivity contribution is -0.144. The van der Waals surface area contributed by atoms with Crippen LogP contribution >= 0.6 is 0 Å². The molecule has 0 amide bonds. The SMILES string of the molecule is C#CCCCc1cn(C)nn1.CCOC(=O)c1c(C)nnn1C.CCOC(=O)c1nnn(C)c1C(F)(F)F.COC(=O)c1cn(C)nn1.COC(=O)c1nnn(C)c1C(=O)OC.Cn1cc(C(=O)OC(C)(C)C)nn1.Cn1cc(C2(N)CCCCC2)nn1.Cn1cc(CCCCO)nn1. The Morgan fingerprint density at radius 2 is 1.00 bits per heavy atom. The molecule has 9 rings (SSSR count). The molecule has 38 nitrogen and oxygen atoms in total. The number of nitrogens with zero attached hydrogens (tertiary/aromatic N) is 24. The second kappa shape index (κ2) is 42.0. The van der Waals surface area contributed by atoms with E-state index in [2.05, 4.69) is 107 Å². The van der Waals surface area contributed by atoms with Crippen molar-refractivity contribution in [3.63, 3.8) is 0 Å². The third kappa shape index (κ3) is 29.6. The van der Waals surface area contributed by atoms with E-state index in [1.165, 1.54) is 81.0 Å². The van der Waals surface area contributed by atoms with Crippen molar-refractivity contribution in [1.82, 2.24) is 120 Å². The van der Waals surface area contributed by atoms with Gasteiger partial charge in [0.15, 0.2) is 28.5 Å². The van der Waals surface area contributed by atoms with Crippen molar-refractivity contribution in [2.24, 2.45) is 62.1 Å². The van der Waals surface area contributed by atoms with Crippen molar-refractivity contribution in [2.45, 2.75) is 129 Å². The van der Waals surface area contributed by atoms with Gasteiger partial charge in [0, 0.05) is 88.0 Å². The molecular formula is C58H88F3N25O13. The first-order valence-electron chi connectivity index (χ1n) is 30.3. The predicted octanol–water partition coefficient (Wildman–Crippen LogP) is 2.91. The number of nitrogens with two attached hydrogens (primary N) is 1. The van der Waals surface area contributed by atoms with Crippen LogP contribution in [-0.2, 0) is 109 Å². The molecule has 544 valence electrons. The van der Waals surface area contributed by atoms with E-state index in [-0.39, 0.29) is 47.5 Å². The number of carbonyl (C=O) groups excluding carboxylic acids is 6. The maximum Gasteiger partial charge on any atom is 0.435 e. The van der Waals surface area contributed by atoms with Crippen molar-refractivity contribution in [2.75, 3.05) is 41.2 Å². The van der Waals surface area contributed by atoms with E-state index < -0.39 is 53.0 Å². The van der Waals surface area contributed by atoms with Crippen LogP contribution in [0.25, 0.3) is 0 Å². The zero-order valence-electron chi connectivity index (χ0n) is 58.7. The first-order chi connectivity index (χ1) is 46.6. The van der Waals surface area contributed by atoms with Crippen LogP contribution in [0.2, 0.25) is 0 Å². The smallest absolute Gasteiger partial charge is 0.435 e. The molecule has 8 aromatic rings. The van der Waals surface area contributed by atoms with Crippen LogP contribution in [0.1, 0.15) is 184 Å². The number of hydrogen-bond donors (Lipinski definition) is 2. The molecule has 8 heterocycles. The van der Waals surface area contributed by atoms with E-state index in [0.717, 1.165) is 80.2 Å². The summed E-state index contributed by atoms with van der Waals surface area (Å²) >= 11 is 0. The van der Waals surface area contributed by atoms with Gasteiger partial charge in [0.05, 0.1) is 69.6 Å². The van der Waals surface area contributed by atoms with Crippen molar-refractivity contribution in [3.05, 3.63) is 93.6 Å². The zero-order chi connectivity index (χ0) is 74.6. The summed E-state index contributed by atoms with van der Waals surface area (Å²) in [6.07, 6.45) is 20.5. The molecule has 0 saturated heterocycles. The number of hydrogen-bond acceptors (Lipinski definition) is 30. The summed E-state index contributed by atoms with van der Waals surface area (Å²) in [5.74, 6) is -1.22. The van der Waals surface area contributed by atoms with Gasteiger partial charge in [0.1, 0.15) is 11.3 Å². The number of carbonyl (C=O) groups is 6. The Balaban J connectivity index is 0.000000386. The average molecular weight is 1400 g/mol. The van der Waals surface area contributed by atoms with Gasteiger partial charge in [-0.25, -0.2) is 42.8 Å². The third-order valence-electron chi connectivity index (χ3n) is 12.6. The Kier molecular flexibility index (Phi) is 35.8. The molecule has 1 saturated carbocycles. The van der Waals surface area contributed by atoms with Crippen LogP contribution in [0.3, 0.4) is 0 Å². The lowest BCUT2D eigenvalue weighted by atomic mass is 9.80. The molecule has 99 heavy (non-hydrogen) atoms. The van der Waals surface area contributed by atoms with Gasteiger partial charge in [-0.05, 0) is 86.5 Å². The van der Waals surface area contributed by atoms with Gasteiger partial charge in [0.2, 0.25) is 11.4 Å². The van der Waals surface area contributed by atoms with Gasteiger partial charge in [-0.15, -0.1) is 53.1 Å². The molecule has 3 N–H and O–H groups in total. The van der Waals surface area contributed by atoms with E-state index in [1.54, 1.807) is 69.8 Å². The van der Waals surface area contributed by atoms with Crippen LogP contribution in [0.4, 0.5) is 13.2 Å². The molecule has 1 fully saturated rings. The Morgan fingerprint density at radius 1 is 0.545 bits per heavy atom. The van der Waals surface area contributed by atoms with Gasteiger partial charge in [-0.1, -0.05) is 61.0 Å². The van der Waals surface area contributed by atoms with Crippen molar-refractivity contribution in [3.8, 4) is 12.3 Å². The molecule has 0 aliphatic heterocycles. The highest BCUT2D eigenvalue weighted by atomic mass is 19.4. The number of rotatable bonds is 16. The van der Waals surface area contributed by atoms with Crippen LogP contribution < -0.4 is 5.73 Å². The van der Waals surface area contributed by atoms with E-state index in [4.69, 9.17) is 26.7 Å². The maximum atomic E-state index is 12.4. The summed E-state index contributed by atoms with van der Waals surface area (Å²) in [6, 6.07) is 0. The summed E-state index contributed by atoms with van der Waals surface area (Å²) in [5, 5.41) is 67.0. The summed E-state index contributed by atoms with van der Waals surface area (Å²) < 4.78 is 76.0. The quantitative estimate of drug-likeness (QED) is 0.0607. The van der Waals surface area contributed by atoms with E-state index in [1.807, 2.05) is 39.7 Å². The summed E-state index contributed by atoms with van der Waals surface area (Å²) in [5.41, 5.74) is 7.82. The minimum Gasteiger partial charge on any atom is -0.464 e. The molecule has 0 spiro atoms. The number of halogens is 3. The lowest BCUT2D eigenvalue weighted by Gasteiger charge is -2.31. The predicted molar refractivity (Wildman–Crippen MR) is 340 cm³/mol. The van der Waals surface area contributed by atoms with Crippen LogP contribution in [-0.4, -0.2) is 208 Å². The molecule has 41 heteroatoms. The minimum atomic E-state index is -4.68. The standard InChI is InChI=1S/C9H16N4.C8H13N3O2.C8H11N3.C7H8F3N3O2.C7H9N3O4.C7H11N3O2.C7H13N3O.C5H7N3O2/c1-13-7-8(11-12-13)9(10)5-3-2-4-6-9;1-8(2,3)13-7(12)6-5-11(4)10-9-6;1-3-4-5-6-8-7-11(2)10-9-8;1-3-15-6(14)4-5(7(8,9)10)13(2)12-11-4;1-10-5(7(12)14-3)4(8-9-10)6(11)13-2;1-4-12-7(11)6-5(2)8-9-10(6)3;1-10-6-7(8-9-10)4-2-3-5-11;1-8-3-4(6-7-8)5(9)10-2/h7H,2-6,10H2,1H3;5H,1-4H3;1,7H,4-6H2,2H3;3H2,1-2H3;1-3H3;4H2,1-3H3;6,11H,2-5H2,1H3;3H,1-2H3. The van der Waals surface area contributed by atoms with E-state index >= 15 is 0 Å². The first kappa shape index (κ1) is 84.3. The number of alkyl halides is 3. The van der Waals surface area contributed by atoms with Gasteiger partial charge in [-0.2, -0.15) is 13.2 Å². The van der Waals surface area contributed by atoms with Crippen molar-refractivity contribution < 1.29 is 75.5 Å². The van der Waals surface area contributed by atoms with Gasteiger partial charge in [-0.3, -0.25) is 23.4 Å². The molecule has 1 aliphatic rings.